The van der Waals surface area contributed by atoms with Crippen LogP contribution in [0.5, 0.6) is 0 Å². The number of imidazole rings is 1. The van der Waals surface area contributed by atoms with Crippen molar-refractivity contribution in [2.75, 3.05) is 0 Å². The second kappa shape index (κ2) is 17.9. The number of hydrogen-bond acceptors (Lipinski definition) is 2. The number of unbranched alkanes of at least 4 members (excludes halogenated alkanes) is 15. The van der Waals surface area contributed by atoms with Crippen LogP contribution in [0.2, 0.25) is 0 Å². The molecule has 0 fully saturated rings. The summed E-state index contributed by atoms with van der Waals surface area (Å²) >= 11 is 0. The van der Waals surface area contributed by atoms with Crippen LogP contribution in [0.15, 0.2) is 42.5 Å². The Kier molecular flexibility index (Phi) is 14.2. The highest BCUT2D eigenvalue weighted by atomic mass is 16.1. The molecule has 0 aliphatic carbocycles. The summed E-state index contributed by atoms with van der Waals surface area (Å²) < 4.78 is 2.31. The van der Waals surface area contributed by atoms with Gasteiger partial charge < -0.3 is 9.88 Å². The molecule has 4 nitrogen and oxygen atoms in total. The van der Waals surface area contributed by atoms with E-state index in [-0.39, 0.29) is 5.91 Å². The van der Waals surface area contributed by atoms with Gasteiger partial charge in [0.15, 0.2) is 0 Å². The Morgan fingerprint density at radius 3 is 1.90 bits per heavy atom. The van der Waals surface area contributed by atoms with Crippen molar-refractivity contribution in [1.29, 1.82) is 0 Å². The number of aryl methyl sites for hydroxylation is 3. The summed E-state index contributed by atoms with van der Waals surface area (Å²) in [5, 5.41) is 3.11. The zero-order valence-corrected chi connectivity index (χ0v) is 25.1. The summed E-state index contributed by atoms with van der Waals surface area (Å²) in [5.74, 6) is 0.906. The fourth-order valence-corrected chi connectivity index (χ4v) is 5.65. The number of carbonyl (C=O) groups is 1. The second-order valence-electron chi connectivity index (χ2n) is 11.5. The van der Waals surface area contributed by atoms with Crippen LogP contribution < -0.4 is 5.32 Å². The number of carbonyl (C=O) groups excluding carboxylic acids is 1. The number of rotatable bonds is 20. The lowest BCUT2D eigenvalue weighted by Crippen LogP contribution is -2.25. The predicted octanol–water partition coefficient (Wildman–Crippen LogP) is 9.84. The van der Waals surface area contributed by atoms with E-state index in [2.05, 4.69) is 48.0 Å². The summed E-state index contributed by atoms with van der Waals surface area (Å²) in [6.07, 6.45) is 22.0. The Morgan fingerprint density at radius 2 is 1.31 bits per heavy atom. The van der Waals surface area contributed by atoms with Crippen molar-refractivity contribution in [2.45, 2.75) is 137 Å². The van der Waals surface area contributed by atoms with Crippen molar-refractivity contribution in [3.63, 3.8) is 0 Å². The van der Waals surface area contributed by atoms with Gasteiger partial charge in [-0.2, -0.15) is 0 Å². The molecule has 0 radical (unpaired) electrons. The van der Waals surface area contributed by atoms with Gasteiger partial charge in [0.25, 0.3) is 5.91 Å². The molecular formula is C35H53N3O. The SMILES string of the molecule is CCCCCCCCCCCCCCCCCCn1c(CNC(=O)c2ccc(C)cc2C)nc2ccccc21. The molecule has 3 aromatic rings. The molecule has 214 valence electrons. The highest BCUT2D eigenvalue weighted by Gasteiger charge is 2.13. The highest BCUT2D eigenvalue weighted by molar-refractivity contribution is 5.95. The number of hydrogen-bond donors (Lipinski definition) is 1. The van der Waals surface area contributed by atoms with Gasteiger partial charge in [-0.25, -0.2) is 4.98 Å². The van der Waals surface area contributed by atoms with E-state index >= 15 is 0 Å². The van der Waals surface area contributed by atoms with Crippen LogP contribution in [0.4, 0.5) is 0 Å². The van der Waals surface area contributed by atoms with E-state index in [4.69, 9.17) is 4.98 Å². The smallest absolute Gasteiger partial charge is 0.251 e. The standard InChI is InChI=1S/C35H53N3O/c1-4-5-6-7-8-9-10-11-12-13-14-15-16-17-18-21-26-38-33-23-20-19-22-32(33)37-34(38)28-36-35(39)31-25-24-29(2)27-30(31)3/h19-20,22-25,27H,4-18,21,26,28H2,1-3H3,(H,36,39). The summed E-state index contributed by atoms with van der Waals surface area (Å²) in [7, 11) is 0. The third kappa shape index (κ3) is 10.8. The molecule has 0 saturated heterocycles. The van der Waals surface area contributed by atoms with Gasteiger partial charge in [-0.05, 0) is 44.0 Å². The lowest BCUT2D eigenvalue weighted by atomic mass is 10.0. The average molecular weight is 532 g/mol. The van der Waals surface area contributed by atoms with Crippen molar-refractivity contribution in [3.8, 4) is 0 Å². The van der Waals surface area contributed by atoms with Crippen molar-refractivity contribution in [1.82, 2.24) is 14.9 Å². The molecule has 4 heteroatoms. The predicted molar refractivity (Wildman–Crippen MR) is 166 cm³/mol. The minimum absolute atomic E-state index is 0.0338. The zero-order valence-electron chi connectivity index (χ0n) is 25.1. The molecule has 2 aromatic carbocycles. The van der Waals surface area contributed by atoms with Crippen molar-refractivity contribution in [2.24, 2.45) is 0 Å². The maximum Gasteiger partial charge on any atom is 0.251 e. The maximum atomic E-state index is 12.8. The van der Waals surface area contributed by atoms with E-state index in [1.807, 2.05) is 25.1 Å². The van der Waals surface area contributed by atoms with Crippen LogP contribution in [-0.2, 0) is 13.1 Å². The van der Waals surface area contributed by atoms with Crippen LogP contribution in [0.1, 0.15) is 137 Å². The Morgan fingerprint density at radius 1 is 0.744 bits per heavy atom. The fraction of sp³-hybridized carbons (Fsp3) is 0.600. The van der Waals surface area contributed by atoms with E-state index in [0.29, 0.717) is 6.54 Å². The minimum atomic E-state index is -0.0338. The molecule has 0 unspecified atom stereocenters. The van der Waals surface area contributed by atoms with E-state index in [9.17, 15) is 4.79 Å². The first-order chi connectivity index (χ1) is 19.1. The number of para-hydroxylation sites is 2. The first kappa shape index (κ1) is 30.9. The summed E-state index contributed by atoms with van der Waals surface area (Å²) in [4.78, 5) is 17.7. The average Bonchev–Trinajstić information content (AvgIpc) is 3.29. The largest absolute Gasteiger partial charge is 0.345 e. The zero-order chi connectivity index (χ0) is 27.7. The van der Waals surface area contributed by atoms with Gasteiger partial charge in [-0.1, -0.05) is 133 Å². The number of amides is 1. The molecule has 1 amide bonds. The van der Waals surface area contributed by atoms with E-state index < -0.39 is 0 Å². The van der Waals surface area contributed by atoms with Gasteiger partial charge in [0.05, 0.1) is 17.6 Å². The molecule has 1 aromatic heterocycles. The Bertz CT molecular complexity index is 1120. The monoisotopic (exact) mass is 531 g/mol. The molecule has 0 saturated carbocycles. The van der Waals surface area contributed by atoms with Crippen LogP contribution in [-0.4, -0.2) is 15.5 Å². The van der Waals surface area contributed by atoms with E-state index in [0.717, 1.165) is 41.0 Å². The number of aromatic nitrogens is 2. The third-order valence-corrected chi connectivity index (χ3v) is 8.00. The molecule has 1 heterocycles. The third-order valence-electron chi connectivity index (χ3n) is 8.00. The van der Waals surface area contributed by atoms with E-state index in [1.165, 1.54) is 102 Å². The van der Waals surface area contributed by atoms with Gasteiger partial charge in [0.2, 0.25) is 0 Å². The Hall–Kier alpha value is -2.62. The normalized spacial score (nSPS) is 11.4. The fourth-order valence-electron chi connectivity index (χ4n) is 5.65. The van der Waals surface area contributed by atoms with Gasteiger partial charge in [-0.3, -0.25) is 4.79 Å². The first-order valence-corrected chi connectivity index (χ1v) is 15.9. The number of benzene rings is 2. The molecule has 1 N–H and O–H groups in total. The lowest BCUT2D eigenvalue weighted by Gasteiger charge is -2.11. The quantitative estimate of drug-likeness (QED) is 0.147. The number of nitrogens with zero attached hydrogens (tertiary/aromatic N) is 2. The van der Waals surface area contributed by atoms with Crippen LogP contribution in [0.3, 0.4) is 0 Å². The number of fused-ring (bicyclic) bond motifs is 1. The molecule has 0 atom stereocenters. The molecule has 0 spiro atoms. The second-order valence-corrected chi connectivity index (χ2v) is 11.5. The van der Waals surface area contributed by atoms with Gasteiger partial charge >= 0.3 is 0 Å². The molecule has 3 rings (SSSR count). The molecule has 0 aliphatic heterocycles. The number of nitrogens with one attached hydrogen (secondary N) is 1. The van der Waals surface area contributed by atoms with Gasteiger partial charge in [0, 0.05) is 12.1 Å². The minimum Gasteiger partial charge on any atom is -0.345 e. The van der Waals surface area contributed by atoms with Crippen LogP contribution in [0, 0.1) is 13.8 Å². The Balaban J connectivity index is 1.32. The molecule has 0 aliphatic rings. The van der Waals surface area contributed by atoms with Crippen molar-refractivity contribution in [3.05, 3.63) is 65.0 Å². The van der Waals surface area contributed by atoms with Gasteiger partial charge in [-0.15, -0.1) is 0 Å². The van der Waals surface area contributed by atoms with Gasteiger partial charge in [0.1, 0.15) is 5.82 Å². The summed E-state index contributed by atoms with van der Waals surface area (Å²) in [6, 6.07) is 14.3. The molecule has 0 bridgehead atoms. The highest BCUT2D eigenvalue weighted by Crippen LogP contribution is 2.19. The van der Waals surface area contributed by atoms with Crippen molar-refractivity contribution < 1.29 is 4.79 Å². The van der Waals surface area contributed by atoms with Crippen LogP contribution in [0.25, 0.3) is 11.0 Å². The summed E-state index contributed by atoms with van der Waals surface area (Å²) in [5.41, 5.74) is 5.08. The van der Waals surface area contributed by atoms with Crippen molar-refractivity contribution >= 4 is 16.9 Å². The Labute approximate surface area is 238 Å². The van der Waals surface area contributed by atoms with Crippen LogP contribution >= 0.6 is 0 Å². The topological polar surface area (TPSA) is 46.9 Å². The molecular weight excluding hydrogens is 478 g/mol. The molecule has 39 heavy (non-hydrogen) atoms. The first-order valence-electron chi connectivity index (χ1n) is 15.9. The summed E-state index contributed by atoms with van der Waals surface area (Å²) in [6.45, 7) is 7.73. The van der Waals surface area contributed by atoms with E-state index in [1.54, 1.807) is 0 Å². The lowest BCUT2D eigenvalue weighted by molar-refractivity contribution is 0.0949. The maximum absolute atomic E-state index is 12.8.